The van der Waals surface area contributed by atoms with Crippen molar-refractivity contribution < 1.29 is 22.4 Å². The average molecular weight is 414 g/mol. The summed E-state index contributed by atoms with van der Waals surface area (Å²) in [5.74, 6) is 0.948. The molecule has 0 aliphatic heterocycles. The van der Waals surface area contributed by atoms with E-state index in [0.717, 1.165) is 11.3 Å². The van der Waals surface area contributed by atoms with Crippen molar-refractivity contribution in [1.82, 2.24) is 10.0 Å². The first-order valence-electron chi connectivity index (χ1n) is 9.04. The summed E-state index contributed by atoms with van der Waals surface area (Å²) in [6.07, 6.45) is 1.48. The maximum absolute atomic E-state index is 12.3. The van der Waals surface area contributed by atoms with Gasteiger partial charge in [-0.1, -0.05) is 17.7 Å². The van der Waals surface area contributed by atoms with Gasteiger partial charge in [0, 0.05) is 5.56 Å². The molecule has 1 heterocycles. The van der Waals surface area contributed by atoms with Gasteiger partial charge in [0.1, 0.15) is 18.1 Å². The van der Waals surface area contributed by atoms with Gasteiger partial charge < -0.3 is 14.5 Å². The Morgan fingerprint density at radius 3 is 2.41 bits per heavy atom. The van der Waals surface area contributed by atoms with Crippen molar-refractivity contribution in [3.05, 3.63) is 83.8 Å². The number of furan rings is 1. The molecular formula is C21H22N2O5S. The minimum atomic E-state index is -3.70. The number of amides is 1. The van der Waals surface area contributed by atoms with Gasteiger partial charge in [-0.25, -0.2) is 13.1 Å². The van der Waals surface area contributed by atoms with Gasteiger partial charge in [-0.3, -0.25) is 4.79 Å². The van der Waals surface area contributed by atoms with E-state index in [1.54, 1.807) is 12.1 Å². The molecule has 0 unspecified atom stereocenters. The minimum absolute atomic E-state index is 0.0541. The summed E-state index contributed by atoms with van der Waals surface area (Å²) in [6, 6.07) is 16.7. The zero-order valence-corrected chi connectivity index (χ0v) is 16.7. The van der Waals surface area contributed by atoms with Crippen molar-refractivity contribution in [2.75, 3.05) is 13.2 Å². The molecule has 0 bridgehead atoms. The monoisotopic (exact) mass is 414 g/mol. The Hall–Kier alpha value is -3.10. The summed E-state index contributed by atoms with van der Waals surface area (Å²) in [6.45, 7) is 2.71. The van der Waals surface area contributed by atoms with Crippen LogP contribution in [0.5, 0.6) is 5.75 Å². The predicted octanol–water partition coefficient (Wildman–Crippen LogP) is 2.88. The van der Waals surface area contributed by atoms with Gasteiger partial charge in [-0.15, -0.1) is 0 Å². The number of aryl methyl sites for hydroxylation is 1. The lowest BCUT2D eigenvalue weighted by Gasteiger charge is -2.09. The van der Waals surface area contributed by atoms with Crippen molar-refractivity contribution >= 4 is 15.9 Å². The highest BCUT2D eigenvalue weighted by atomic mass is 32.2. The molecule has 8 heteroatoms. The summed E-state index contributed by atoms with van der Waals surface area (Å²) >= 11 is 0. The van der Waals surface area contributed by atoms with Gasteiger partial charge in [-0.05, 0) is 55.5 Å². The second-order valence-corrected chi connectivity index (χ2v) is 8.11. The molecule has 2 N–H and O–H groups in total. The smallest absolute Gasteiger partial charge is 0.251 e. The van der Waals surface area contributed by atoms with Gasteiger partial charge in [0.05, 0.1) is 24.2 Å². The molecule has 152 valence electrons. The minimum Gasteiger partial charge on any atom is -0.492 e. The standard InChI is InChI=1S/C21H22N2O5S/c1-16-4-8-18(9-5-16)28-14-12-22-21(24)17-6-10-20(11-7-17)29(25,26)23-15-19-3-2-13-27-19/h2-11,13,23H,12,14-15H2,1H3,(H,22,24). The second kappa shape index (κ2) is 9.40. The molecular weight excluding hydrogens is 392 g/mol. The Labute approximate surface area is 169 Å². The highest BCUT2D eigenvalue weighted by Gasteiger charge is 2.15. The topological polar surface area (TPSA) is 97.6 Å². The van der Waals surface area contributed by atoms with Gasteiger partial charge in [-0.2, -0.15) is 0 Å². The van der Waals surface area contributed by atoms with Crippen molar-refractivity contribution in [3.63, 3.8) is 0 Å². The lowest BCUT2D eigenvalue weighted by Crippen LogP contribution is -2.28. The van der Waals surface area contributed by atoms with Gasteiger partial charge in [0.2, 0.25) is 10.0 Å². The van der Waals surface area contributed by atoms with Crippen molar-refractivity contribution in [3.8, 4) is 5.75 Å². The molecule has 0 fully saturated rings. The van der Waals surface area contributed by atoms with Crippen LogP contribution in [0.3, 0.4) is 0 Å². The zero-order valence-electron chi connectivity index (χ0n) is 15.9. The van der Waals surface area contributed by atoms with Crippen LogP contribution in [0.15, 0.2) is 76.2 Å². The fourth-order valence-electron chi connectivity index (χ4n) is 2.52. The number of rotatable bonds is 9. The molecule has 0 spiro atoms. The van der Waals surface area contributed by atoms with E-state index in [2.05, 4.69) is 10.0 Å². The van der Waals surface area contributed by atoms with Crippen LogP contribution >= 0.6 is 0 Å². The van der Waals surface area contributed by atoms with Crippen LogP contribution in [0.4, 0.5) is 0 Å². The van der Waals surface area contributed by atoms with E-state index in [1.165, 1.54) is 30.5 Å². The number of nitrogens with one attached hydrogen (secondary N) is 2. The van der Waals surface area contributed by atoms with Crippen LogP contribution in [0.2, 0.25) is 0 Å². The molecule has 0 aliphatic rings. The lowest BCUT2D eigenvalue weighted by atomic mass is 10.2. The third kappa shape index (κ3) is 5.94. The fraction of sp³-hybridized carbons (Fsp3) is 0.190. The molecule has 0 saturated heterocycles. The Bertz CT molecular complexity index is 1030. The summed E-state index contributed by atoms with van der Waals surface area (Å²) in [7, 11) is -3.70. The Morgan fingerprint density at radius 1 is 1.03 bits per heavy atom. The van der Waals surface area contributed by atoms with E-state index >= 15 is 0 Å². The maximum atomic E-state index is 12.3. The predicted molar refractivity (Wildman–Crippen MR) is 108 cm³/mol. The Morgan fingerprint density at radius 2 is 1.76 bits per heavy atom. The number of sulfonamides is 1. The van der Waals surface area contributed by atoms with E-state index < -0.39 is 10.0 Å². The number of carbonyl (C=O) groups excluding carboxylic acids is 1. The molecule has 29 heavy (non-hydrogen) atoms. The van der Waals surface area contributed by atoms with Crippen LogP contribution < -0.4 is 14.8 Å². The molecule has 0 saturated carbocycles. The highest BCUT2D eigenvalue weighted by Crippen LogP contribution is 2.12. The number of carbonyl (C=O) groups is 1. The van der Waals surface area contributed by atoms with E-state index in [-0.39, 0.29) is 17.3 Å². The third-order valence-corrected chi connectivity index (χ3v) is 5.54. The fourth-order valence-corrected chi connectivity index (χ4v) is 3.51. The average Bonchev–Trinajstić information content (AvgIpc) is 3.25. The molecule has 0 aliphatic carbocycles. The Balaban J connectivity index is 1.48. The van der Waals surface area contributed by atoms with E-state index in [0.29, 0.717) is 24.5 Å². The first-order chi connectivity index (χ1) is 13.9. The molecule has 0 radical (unpaired) electrons. The summed E-state index contributed by atoms with van der Waals surface area (Å²) < 4.78 is 37.7. The SMILES string of the molecule is Cc1ccc(OCCNC(=O)c2ccc(S(=O)(=O)NCc3ccco3)cc2)cc1. The molecule has 3 rings (SSSR count). The third-order valence-electron chi connectivity index (χ3n) is 4.12. The Kier molecular flexibility index (Phi) is 6.69. The molecule has 1 aromatic heterocycles. The zero-order chi connectivity index (χ0) is 20.7. The molecule has 7 nitrogen and oxygen atoms in total. The highest BCUT2D eigenvalue weighted by molar-refractivity contribution is 7.89. The van der Waals surface area contributed by atoms with Crippen molar-refractivity contribution in [2.45, 2.75) is 18.4 Å². The van der Waals surface area contributed by atoms with Gasteiger partial charge >= 0.3 is 0 Å². The second-order valence-electron chi connectivity index (χ2n) is 6.35. The van der Waals surface area contributed by atoms with E-state index in [4.69, 9.17) is 9.15 Å². The van der Waals surface area contributed by atoms with Gasteiger partial charge in [0.15, 0.2) is 0 Å². The molecule has 2 aromatic carbocycles. The number of ether oxygens (including phenoxy) is 1. The lowest BCUT2D eigenvalue weighted by molar-refractivity contribution is 0.0947. The van der Waals surface area contributed by atoms with Crippen molar-refractivity contribution in [1.29, 1.82) is 0 Å². The van der Waals surface area contributed by atoms with Crippen LogP contribution in [-0.2, 0) is 16.6 Å². The number of benzene rings is 2. The molecule has 1 amide bonds. The molecule has 0 atom stereocenters. The number of hydrogen-bond donors (Lipinski definition) is 2. The van der Waals surface area contributed by atoms with Gasteiger partial charge in [0.25, 0.3) is 5.91 Å². The molecule has 3 aromatic rings. The quantitative estimate of drug-likeness (QED) is 0.525. The first kappa shape index (κ1) is 20.6. The van der Waals surface area contributed by atoms with E-state index in [9.17, 15) is 13.2 Å². The summed E-state index contributed by atoms with van der Waals surface area (Å²) in [5, 5.41) is 2.74. The van der Waals surface area contributed by atoms with Crippen LogP contribution in [0, 0.1) is 6.92 Å². The van der Waals surface area contributed by atoms with Crippen LogP contribution in [0.25, 0.3) is 0 Å². The first-order valence-corrected chi connectivity index (χ1v) is 10.5. The van der Waals surface area contributed by atoms with Crippen LogP contribution in [-0.4, -0.2) is 27.5 Å². The normalized spacial score (nSPS) is 11.2. The summed E-state index contributed by atoms with van der Waals surface area (Å²) in [5.41, 5.74) is 1.51. The van der Waals surface area contributed by atoms with E-state index in [1.807, 2.05) is 31.2 Å². The number of hydrogen-bond acceptors (Lipinski definition) is 5. The van der Waals surface area contributed by atoms with Crippen LogP contribution in [0.1, 0.15) is 21.7 Å². The largest absolute Gasteiger partial charge is 0.492 e. The maximum Gasteiger partial charge on any atom is 0.251 e. The van der Waals surface area contributed by atoms with Crippen molar-refractivity contribution in [2.24, 2.45) is 0 Å². The summed E-state index contributed by atoms with van der Waals surface area (Å²) in [4.78, 5) is 12.3.